The minimum Gasteiger partial charge on any atom is -0.353 e. The topological polar surface area (TPSA) is 87.2 Å². The van der Waals surface area contributed by atoms with E-state index < -0.39 is 10.0 Å². The lowest BCUT2D eigenvalue weighted by Gasteiger charge is -2.29. The molecule has 0 saturated carbocycles. The molecule has 4 rings (SSSR count). The maximum absolute atomic E-state index is 12.5. The molecule has 0 unspecified atom stereocenters. The number of rotatable bonds is 5. The number of piperazine rings is 1. The van der Waals surface area contributed by atoms with Crippen LogP contribution >= 0.6 is 0 Å². The van der Waals surface area contributed by atoms with Gasteiger partial charge in [0.05, 0.1) is 17.0 Å². The fourth-order valence-electron chi connectivity index (χ4n) is 3.15. The highest BCUT2D eigenvalue weighted by atomic mass is 32.2. The molecule has 0 spiro atoms. The first-order valence-electron chi connectivity index (χ1n) is 8.89. The van der Waals surface area contributed by atoms with E-state index in [9.17, 15) is 8.42 Å². The zero-order chi connectivity index (χ0) is 18.7. The third-order valence-corrected chi connectivity index (χ3v) is 5.94. The largest absolute Gasteiger partial charge is 0.353 e. The third kappa shape index (κ3) is 3.92. The van der Waals surface area contributed by atoms with Crippen LogP contribution in [0.25, 0.3) is 10.9 Å². The minimum absolute atomic E-state index is 0.0428. The summed E-state index contributed by atoms with van der Waals surface area (Å²) < 4.78 is 27.5. The van der Waals surface area contributed by atoms with Gasteiger partial charge >= 0.3 is 0 Å². The van der Waals surface area contributed by atoms with Gasteiger partial charge in [0.1, 0.15) is 11.6 Å². The summed E-state index contributed by atoms with van der Waals surface area (Å²) in [6.45, 7) is 3.55. The van der Waals surface area contributed by atoms with Crippen molar-refractivity contribution in [2.24, 2.45) is 0 Å². The number of hydrogen-bond donors (Lipinski definition) is 2. The van der Waals surface area contributed by atoms with Crippen molar-refractivity contribution >= 4 is 26.7 Å². The van der Waals surface area contributed by atoms with Crippen molar-refractivity contribution in [2.75, 3.05) is 31.1 Å². The molecule has 3 aromatic rings. The minimum atomic E-state index is -3.60. The summed E-state index contributed by atoms with van der Waals surface area (Å²) in [6, 6.07) is 16.1. The Hall–Kier alpha value is -2.55. The van der Waals surface area contributed by atoms with Gasteiger partial charge in [0.2, 0.25) is 10.0 Å². The van der Waals surface area contributed by atoms with Crippen LogP contribution in [0.5, 0.6) is 0 Å². The SMILES string of the molecule is O=S(=O)(NCc1nc(N2CCNCC2)c2ccccc2n1)c1ccccc1. The van der Waals surface area contributed by atoms with Gasteiger partial charge in [-0.1, -0.05) is 30.3 Å². The highest BCUT2D eigenvalue weighted by Gasteiger charge is 2.18. The molecule has 27 heavy (non-hydrogen) atoms. The molecule has 2 aromatic carbocycles. The highest BCUT2D eigenvalue weighted by Crippen LogP contribution is 2.24. The Labute approximate surface area is 158 Å². The van der Waals surface area contributed by atoms with Crippen molar-refractivity contribution < 1.29 is 8.42 Å². The number of fused-ring (bicyclic) bond motifs is 1. The molecule has 2 N–H and O–H groups in total. The van der Waals surface area contributed by atoms with Gasteiger partial charge in [-0.05, 0) is 24.3 Å². The van der Waals surface area contributed by atoms with Crippen molar-refractivity contribution in [1.29, 1.82) is 0 Å². The number of hydrogen-bond acceptors (Lipinski definition) is 6. The van der Waals surface area contributed by atoms with Crippen molar-refractivity contribution in [1.82, 2.24) is 20.0 Å². The van der Waals surface area contributed by atoms with Crippen LogP contribution in [0.2, 0.25) is 0 Å². The normalized spacial score (nSPS) is 15.2. The van der Waals surface area contributed by atoms with E-state index in [-0.39, 0.29) is 11.4 Å². The molecule has 1 saturated heterocycles. The molecule has 1 aromatic heterocycles. The van der Waals surface area contributed by atoms with Gasteiger partial charge in [0, 0.05) is 31.6 Å². The Morgan fingerprint density at radius 3 is 2.44 bits per heavy atom. The van der Waals surface area contributed by atoms with Crippen molar-refractivity contribution in [3.05, 3.63) is 60.4 Å². The summed E-state index contributed by atoms with van der Waals surface area (Å²) in [7, 11) is -3.60. The smallest absolute Gasteiger partial charge is 0.240 e. The van der Waals surface area contributed by atoms with Gasteiger partial charge in [-0.3, -0.25) is 0 Å². The highest BCUT2D eigenvalue weighted by molar-refractivity contribution is 7.89. The number of para-hydroxylation sites is 1. The quantitative estimate of drug-likeness (QED) is 0.695. The third-order valence-electron chi connectivity index (χ3n) is 4.52. The Kier molecular flexibility index (Phi) is 5.02. The molecule has 7 nitrogen and oxygen atoms in total. The molecule has 140 valence electrons. The second-order valence-corrected chi connectivity index (χ2v) is 8.12. The van der Waals surface area contributed by atoms with E-state index in [1.165, 1.54) is 0 Å². The van der Waals surface area contributed by atoms with Gasteiger partial charge < -0.3 is 10.2 Å². The molecule has 1 aliphatic heterocycles. The standard InChI is InChI=1S/C19H21N5O2S/c25-27(26,15-6-2-1-3-7-15)21-14-18-22-17-9-5-4-8-16(17)19(23-18)24-12-10-20-11-13-24/h1-9,20-21H,10-14H2. The lowest BCUT2D eigenvalue weighted by Crippen LogP contribution is -2.44. The van der Waals surface area contributed by atoms with Crippen molar-refractivity contribution in [2.45, 2.75) is 11.4 Å². The van der Waals surface area contributed by atoms with Crippen molar-refractivity contribution in [3.8, 4) is 0 Å². The average Bonchev–Trinajstić information content (AvgIpc) is 2.73. The Bertz CT molecular complexity index is 1030. The number of nitrogens with one attached hydrogen (secondary N) is 2. The molecule has 0 radical (unpaired) electrons. The molecule has 1 aliphatic rings. The van der Waals surface area contributed by atoms with E-state index in [1.54, 1.807) is 30.3 Å². The summed E-state index contributed by atoms with van der Waals surface area (Å²) in [4.78, 5) is 11.7. The number of sulfonamides is 1. The molecular formula is C19H21N5O2S. The van der Waals surface area contributed by atoms with Crippen LogP contribution in [-0.4, -0.2) is 44.6 Å². The van der Waals surface area contributed by atoms with E-state index in [0.29, 0.717) is 5.82 Å². The van der Waals surface area contributed by atoms with E-state index in [1.807, 2.05) is 24.3 Å². The second kappa shape index (κ2) is 7.59. The van der Waals surface area contributed by atoms with Crippen molar-refractivity contribution in [3.63, 3.8) is 0 Å². The van der Waals surface area contributed by atoms with Crippen LogP contribution < -0.4 is 14.9 Å². The van der Waals surface area contributed by atoms with E-state index in [0.717, 1.165) is 42.9 Å². The molecular weight excluding hydrogens is 362 g/mol. The lowest BCUT2D eigenvalue weighted by atomic mass is 10.2. The number of benzene rings is 2. The van der Waals surface area contributed by atoms with E-state index in [4.69, 9.17) is 0 Å². The predicted octanol–water partition coefficient (Wildman–Crippen LogP) is 1.52. The maximum Gasteiger partial charge on any atom is 0.240 e. The maximum atomic E-state index is 12.5. The van der Waals surface area contributed by atoms with Gasteiger partial charge in [-0.2, -0.15) is 0 Å². The Morgan fingerprint density at radius 2 is 1.67 bits per heavy atom. The molecule has 0 amide bonds. The molecule has 0 aliphatic carbocycles. The summed E-state index contributed by atoms with van der Waals surface area (Å²) in [5.74, 6) is 1.32. The first-order chi connectivity index (χ1) is 13.1. The summed E-state index contributed by atoms with van der Waals surface area (Å²) in [6.07, 6.45) is 0. The van der Waals surface area contributed by atoms with Crippen LogP contribution in [0.3, 0.4) is 0 Å². The monoisotopic (exact) mass is 383 g/mol. The van der Waals surface area contributed by atoms with Crippen LogP contribution in [0.1, 0.15) is 5.82 Å². The van der Waals surface area contributed by atoms with Gasteiger partial charge in [0.15, 0.2) is 0 Å². The molecule has 8 heteroatoms. The van der Waals surface area contributed by atoms with E-state index in [2.05, 4.69) is 24.9 Å². The van der Waals surface area contributed by atoms with Crippen LogP contribution in [0, 0.1) is 0 Å². The molecule has 2 heterocycles. The first kappa shape index (κ1) is 17.8. The zero-order valence-corrected chi connectivity index (χ0v) is 15.6. The summed E-state index contributed by atoms with van der Waals surface area (Å²) in [5.41, 5.74) is 0.815. The van der Waals surface area contributed by atoms with Crippen LogP contribution in [0.15, 0.2) is 59.5 Å². The van der Waals surface area contributed by atoms with Crippen LogP contribution in [-0.2, 0) is 16.6 Å². The summed E-state index contributed by atoms with van der Waals surface area (Å²) >= 11 is 0. The predicted molar refractivity (Wildman–Crippen MR) is 105 cm³/mol. The number of nitrogens with zero attached hydrogens (tertiary/aromatic N) is 3. The number of aromatic nitrogens is 2. The fourth-order valence-corrected chi connectivity index (χ4v) is 4.15. The average molecular weight is 383 g/mol. The Balaban J connectivity index is 1.64. The van der Waals surface area contributed by atoms with E-state index >= 15 is 0 Å². The number of anilines is 1. The summed E-state index contributed by atoms with van der Waals surface area (Å²) in [5, 5.41) is 4.31. The van der Waals surface area contributed by atoms with Gasteiger partial charge in [-0.15, -0.1) is 0 Å². The lowest BCUT2D eigenvalue weighted by molar-refractivity contribution is 0.577. The molecule has 0 atom stereocenters. The van der Waals surface area contributed by atoms with Gasteiger partial charge in [-0.25, -0.2) is 23.1 Å². The second-order valence-electron chi connectivity index (χ2n) is 6.36. The molecule has 0 bridgehead atoms. The molecule has 1 fully saturated rings. The zero-order valence-electron chi connectivity index (χ0n) is 14.8. The first-order valence-corrected chi connectivity index (χ1v) is 10.4. The van der Waals surface area contributed by atoms with Crippen LogP contribution in [0.4, 0.5) is 5.82 Å². The van der Waals surface area contributed by atoms with Gasteiger partial charge in [0.25, 0.3) is 0 Å². The fraction of sp³-hybridized carbons (Fsp3) is 0.263. The Morgan fingerprint density at radius 1 is 0.963 bits per heavy atom.